The molecule has 0 bridgehead atoms. The van der Waals surface area contributed by atoms with Crippen molar-refractivity contribution in [3.8, 4) is 0 Å². The second-order valence-electron chi connectivity index (χ2n) is 6.43. The van der Waals surface area contributed by atoms with E-state index in [2.05, 4.69) is 19.2 Å². The standard InChI is InChI=1S/C14H26N2O3/c1-5-14(4,11(17)18)15-12(19)16-9-6-7-13(2,3)8-10-16/h5-10H2,1-4H3,(H,15,19)(H,17,18). The molecular formula is C14H26N2O3. The largest absolute Gasteiger partial charge is 0.480 e. The van der Waals surface area contributed by atoms with Crippen LogP contribution in [0.2, 0.25) is 0 Å². The van der Waals surface area contributed by atoms with Crippen molar-refractivity contribution in [3.63, 3.8) is 0 Å². The number of urea groups is 1. The van der Waals surface area contributed by atoms with E-state index in [1.54, 1.807) is 18.7 Å². The lowest BCUT2D eigenvalue weighted by atomic mass is 9.85. The lowest BCUT2D eigenvalue weighted by Gasteiger charge is -2.29. The monoisotopic (exact) mass is 270 g/mol. The number of carbonyl (C=O) groups is 2. The lowest BCUT2D eigenvalue weighted by Crippen LogP contribution is -2.55. The number of nitrogens with one attached hydrogen (secondary N) is 1. The number of likely N-dealkylation sites (tertiary alicyclic amines) is 1. The van der Waals surface area contributed by atoms with Crippen molar-refractivity contribution < 1.29 is 14.7 Å². The number of hydrogen-bond donors (Lipinski definition) is 2. The predicted molar refractivity (Wildman–Crippen MR) is 74.1 cm³/mol. The molecule has 1 aliphatic heterocycles. The van der Waals surface area contributed by atoms with Crippen LogP contribution in [-0.2, 0) is 4.79 Å². The Morgan fingerprint density at radius 1 is 1.32 bits per heavy atom. The van der Waals surface area contributed by atoms with Crippen molar-refractivity contribution in [2.24, 2.45) is 5.41 Å². The van der Waals surface area contributed by atoms with E-state index in [1.807, 2.05) is 0 Å². The molecule has 5 nitrogen and oxygen atoms in total. The van der Waals surface area contributed by atoms with Crippen molar-refractivity contribution in [3.05, 3.63) is 0 Å². The van der Waals surface area contributed by atoms with Crippen LogP contribution in [0.1, 0.15) is 53.4 Å². The van der Waals surface area contributed by atoms with Gasteiger partial charge in [0.15, 0.2) is 0 Å². The zero-order valence-corrected chi connectivity index (χ0v) is 12.5. The van der Waals surface area contributed by atoms with Crippen LogP contribution in [0.15, 0.2) is 0 Å². The van der Waals surface area contributed by atoms with E-state index < -0.39 is 11.5 Å². The Labute approximate surface area is 115 Å². The van der Waals surface area contributed by atoms with E-state index >= 15 is 0 Å². The summed E-state index contributed by atoms with van der Waals surface area (Å²) < 4.78 is 0. The SMILES string of the molecule is CCC(C)(NC(=O)N1CCCC(C)(C)CC1)C(=O)O. The first-order chi connectivity index (χ1) is 8.70. The molecule has 0 saturated carbocycles. The Bertz CT molecular complexity index is 355. The van der Waals surface area contributed by atoms with Crippen molar-refractivity contribution >= 4 is 12.0 Å². The summed E-state index contributed by atoms with van der Waals surface area (Å²) in [7, 11) is 0. The fourth-order valence-corrected chi connectivity index (χ4v) is 2.23. The summed E-state index contributed by atoms with van der Waals surface area (Å²) in [6.45, 7) is 9.13. The zero-order chi connectivity index (χ0) is 14.7. The molecule has 5 heteroatoms. The number of nitrogens with zero attached hydrogens (tertiary/aromatic N) is 1. The summed E-state index contributed by atoms with van der Waals surface area (Å²) >= 11 is 0. The van der Waals surface area contributed by atoms with Gasteiger partial charge in [-0.2, -0.15) is 0 Å². The first kappa shape index (κ1) is 15.8. The molecule has 2 amide bonds. The van der Waals surface area contributed by atoms with Crippen molar-refractivity contribution in [2.45, 2.75) is 58.9 Å². The molecule has 0 spiro atoms. The van der Waals surface area contributed by atoms with Gasteiger partial charge in [0.05, 0.1) is 0 Å². The van der Waals surface area contributed by atoms with Crippen molar-refractivity contribution in [1.29, 1.82) is 0 Å². The summed E-state index contributed by atoms with van der Waals surface area (Å²) in [4.78, 5) is 25.1. The summed E-state index contributed by atoms with van der Waals surface area (Å²) in [5.74, 6) is -0.987. The van der Waals surface area contributed by atoms with E-state index in [0.717, 1.165) is 19.3 Å². The molecule has 1 fully saturated rings. The molecule has 1 aliphatic rings. The summed E-state index contributed by atoms with van der Waals surface area (Å²) in [5.41, 5.74) is -0.922. The molecule has 0 radical (unpaired) electrons. The van der Waals surface area contributed by atoms with Gasteiger partial charge in [0.1, 0.15) is 5.54 Å². The molecule has 0 aliphatic carbocycles. The Morgan fingerprint density at radius 3 is 2.47 bits per heavy atom. The highest BCUT2D eigenvalue weighted by molar-refractivity contribution is 5.85. The van der Waals surface area contributed by atoms with Gasteiger partial charge in [-0.3, -0.25) is 0 Å². The van der Waals surface area contributed by atoms with Gasteiger partial charge in [-0.05, 0) is 38.0 Å². The predicted octanol–water partition coefficient (Wildman–Crippen LogP) is 2.46. The van der Waals surface area contributed by atoms with Gasteiger partial charge >= 0.3 is 12.0 Å². The van der Waals surface area contributed by atoms with Crippen LogP contribution in [0.5, 0.6) is 0 Å². The number of amides is 2. The average Bonchev–Trinajstić information content (AvgIpc) is 2.49. The minimum atomic E-state index is -1.18. The van der Waals surface area contributed by atoms with Crippen LogP contribution in [0.4, 0.5) is 4.79 Å². The number of aliphatic carboxylic acids is 1. The second-order valence-corrected chi connectivity index (χ2v) is 6.43. The fraction of sp³-hybridized carbons (Fsp3) is 0.857. The van der Waals surface area contributed by atoms with E-state index in [-0.39, 0.29) is 11.4 Å². The van der Waals surface area contributed by atoms with Gasteiger partial charge in [-0.25, -0.2) is 9.59 Å². The minimum absolute atomic E-state index is 0.260. The van der Waals surface area contributed by atoms with Gasteiger partial charge in [0, 0.05) is 13.1 Å². The maximum atomic E-state index is 12.2. The Hall–Kier alpha value is -1.26. The molecule has 0 aromatic heterocycles. The number of rotatable bonds is 3. The summed E-state index contributed by atoms with van der Waals surface area (Å²) in [6, 6.07) is -0.260. The quantitative estimate of drug-likeness (QED) is 0.827. The Balaban J connectivity index is 2.65. The molecule has 0 aromatic rings. The third-order valence-electron chi connectivity index (χ3n) is 4.19. The highest BCUT2D eigenvalue weighted by Gasteiger charge is 2.35. The van der Waals surface area contributed by atoms with Crippen LogP contribution >= 0.6 is 0 Å². The third kappa shape index (κ3) is 4.11. The molecule has 1 unspecified atom stereocenters. The van der Waals surface area contributed by atoms with Crippen molar-refractivity contribution in [1.82, 2.24) is 10.2 Å². The molecule has 2 N–H and O–H groups in total. The smallest absolute Gasteiger partial charge is 0.329 e. The van der Waals surface area contributed by atoms with E-state index in [1.165, 1.54) is 0 Å². The average molecular weight is 270 g/mol. The Morgan fingerprint density at radius 2 is 1.95 bits per heavy atom. The maximum Gasteiger partial charge on any atom is 0.329 e. The van der Waals surface area contributed by atoms with Crippen LogP contribution in [0, 0.1) is 5.41 Å². The molecule has 0 aromatic carbocycles. The molecule has 1 atom stereocenters. The first-order valence-corrected chi connectivity index (χ1v) is 7.01. The number of hydrogen-bond acceptors (Lipinski definition) is 2. The van der Waals surface area contributed by atoms with Gasteiger partial charge in [-0.15, -0.1) is 0 Å². The molecule has 110 valence electrons. The highest BCUT2D eigenvalue weighted by atomic mass is 16.4. The summed E-state index contributed by atoms with van der Waals surface area (Å²) in [6.07, 6.45) is 3.39. The number of carbonyl (C=O) groups excluding carboxylic acids is 1. The van der Waals surface area contributed by atoms with Gasteiger partial charge in [0.25, 0.3) is 0 Å². The van der Waals surface area contributed by atoms with Crippen LogP contribution in [0.3, 0.4) is 0 Å². The van der Waals surface area contributed by atoms with Crippen LogP contribution in [0.25, 0.3) is 0 Å². The van der Waals surface area contributed by atoms with E-state index in [0.29, 0.717) is 19.5 Å². The zero-order valence-electron chi connectivity index (χ0n) is 12.5. The first-order valence-electron chi connectivity index (χ1n) is 7.01. The van der Waals surface area contributed by atoms with Gasteiger partial charge < -0.3 is 15.3 Å². The molecule has 1 saturated heterocycles. The molecule has 1 heterocycles. The number of carboxylic acid groups (broad SMARTS) is 1. The third-order valence-corrected chi connectivity index (χ3v) is 4.19. The molecule has 19 heavy (non-hydrogen) atoms. The lowest BCUT2D eigenvalue weighted by molar-refractivity contribution is -0.143. The number of carboxylic acids is 1. The van der Waals surface area contributed by atoms with Gasteiger partial charge in [-0.1, -0.05) is 20.8 Å². The highest BCUT2D eigenvalue weighted by Crippen LogP contribution is 2.29. The molecular weight excluding hydrogens is 244 g/mol. The normalized spacial score (nSPS) is 22.2. The van der Waals surface area contributed by atoms with Gasteiger partial charge in [0.2, 0.25) is 0 Å². The van der Waals surface area contributed by atoms with E-state index in [9.17, 15) is 14.7 Å². The Kier molecular flexibility index (Phi) is 4.82. The summed E-state index contributed by atoms with van der Waals surface area (Å²) in [5, 5.41) is 11.8. The van der Waals surface area contributed by atoms with Crippen LogP contribution < -0.4 is 5.32 Å². The maximum absolute atomic E-state index is 12.2. The fourth-order valence-electron chi connectivity index (χ4n) is 2.23. The second kappa shape index (κ2) is 5.80. The molecule has 1 rings (SSSR count). The van der Waals surface area contributed by atoms with Crippen molar-refractivity contribution in [2.75, 3.05) is 13.1 Å². The van der Waals surface area contributed by atoms with E-state index in [4.69, 9.17) is 0 Å². The van der Waals surface area contributed by atoms with Crippen LogP contribution in [-0.4, -0.2) is 40.6 Å². The minimum Gasteiger partial charge on any atom is -0.480 e. The topological polar surface area (TPSA) is 69.6 Å².